The smallest absolute Gasteiger partial charge is 0.170 e. The summed E-state index contributed by atoms with van der Waals surface area (Å²) in [6, 6.07) is 0. The number of carbonyl (C=O) groups is 3. The van der Waals surface area contributed by atoms with E-state index in [1.807, 2.05) is 27.7 Å². The van der Waals surface area contributed by atoms with Gasteiger partial charge >= 0.3 is 0 Å². The SMILES string of the molecule is CC(C)(O)CCC(=O)[C@](C)(O)[C@@H]1[C@H](O)C[C@@]2(C)[C@H]3CC=C4[C@H](C[C@H](O)C(=O)C4(C)C)[C@]3(C)C(=O)C[C@]12C. The number of carbonyl (C=O) groups excluding carboxylic acids is 3. The van der Waals surface area contributed by atoms with E-state index in [1.54, 1.807) is 13.8 Å². The van der Waals surface area contributed by atoms with E-state index in [0.29, 0.717) is 12.8 Å². The molecule has 0 spiro atoms. The van der Waals surface area contributed by atoms with Gasteiger partial charge in [-0.1, -0.05) is 32.4 Å². The molecule has 0 bridgehead atoms. The van der Waals surface area contributed by atoms with Gasteiger partial charge in [0.05, 0.1) is 11.7 Å². The highest BCUT2D eigenvalue weighted by Crippen LogP contribution is 2.74. The van der Waals surface area contributed by atoms with Gasteiger partial charge in [0.1, 0.15) is 17.5 Å². The Labute approximate surface area is 220 Å². The number of aliphatic hydroxyl groups excluding tert-OH is 2. The minimum atomic E-state index is -1.86. The summed E-state index contributed by atoms with van der Waals surface area (Å²) >= 11 is 0. The van der Waals surface area contributed by atoms with Crippen LogP contribution in [0.4, 0.5) is 0 Å². The number of allylic oxidation sites excluding steroid dienone is 2. The summed E-state index contributed by atoms with van der Waals surface area (Å²) in [5.74, 6) is -1.96. The van der Waals surface area contributed by atoms with Crippen LogP contribution >= 0.6 is 0 Å². The Bertz CT molecular complexity index is 1050. The van der Waals surface area contributed by atoms with Crippen molar-refractivity contribution in [3.05, 3.63) is 11.6 Å². The molecule has 4 N–H and O–H groups in total. The average Bonchev–Trinajstić information content (AvgIpc) is 2.96. The number of fused-ring (bicyclic) bond motifs is 5. The fourth-order valence-corrected chi connectivity index (χ4v) is 9.24. The Kier molecular flexibility index (Phi) is 6.41. The van der Waals surface area contributed by atoms with Gasteiger partial charge in [0.15, 0.2) is 11.6 Å². The van der Waals surface area contributed by atoms with Crippen LogP contribution in [0.2, 0.25) is 0 Å². The quantitative estimate of drug-likeness (QED) is 0.411. The van der Waals surface area contributed by atoms with Gasteiger partial charge in [-0.05, 0) is 83.0 Å². The number of hydrogen-bond donors (Lipinski definition) is 4. The normalized spacial score (nSPS) is 44.9. The summed E-state index contributed by atoms with van der Waals surface area (Å²) in [6.45, 7) is 14.3. The van der Waals surface area contributed by atoms with Gasteiger partial charge in [-0.3, -0.25) is 14.4 Å². The Balaban J connectivity index is 1.77. The van der Waals surface area contributed by atoms with Crippen molar-refractivity contribution >= 4 is 17.3 Å². The third-order valence-corrected chi connectivity index (χ3v) is 11.5. The third kappa shape index (κ3) is 3.78. The highest BCUT2D eigenvalue weighted by Gasteiger charge is 2.74. The minimum Gasteiger partial charge on any atom is -0.393 e. The van der Waals surface area contributed by atoms with E-state index in [9.17, 15) is 34.8 Å². The Hall–Kier alpha value is -1.41. The molecule has 0 heterocycles. The second-order valence-corrected chi connectivity index (χ2v) is 14.6. The maximum absolute atomic E-state index is 14.2. The molecule has 9 atom stereocenters. The third-order valence-electron chi connectivity index (χ3n) is 11.5. The number of Topliss-reactive ketones (excluding diaryl/α,β-unsaturated/α-hetero) is 3. The number of hydrogen-bond acceptors (Lipinski definition) is 7. The van der Waals surface area contributed by atoms with Crippen molar-refractivity contribution in [3.8, 4) is 0 Å². The van der Waals surface area contributed by atoms with Crippen molar-refractivity contribution in [2.24, 2.45) is 39.4 Å². The van der Waals surface area contributed by atoms with E-state index in [2.05, 4.69) is 13.0 Å². The van der Waals surface area contributed by atoms with Gasteiger partial charge in [0, 0.05) is 29.6 Å². The number of ketones is 3. The van der Waals surface area contributed by atoms with Crippen molar-refractivity contribution in [1.82, 2.24) is 0 Å². The summed E-state index contributed by atoms with van der Waals surface area (Å²) in [5.41, 5.74) is -5.10. The molecule has 7 heteroatoms. The predicted molar refractivity (Wildman–Crippen MR) is 138 cm³/mol. The molecule has 37 heavy (non-hydrogen) atoms. The van der Waals surface area contributed by atoms with Crippen LogP contribution in [0, 0.1) is 39.4 Å². The molecule has 3 saturated carbocycles. The first kappa shape index (κ1) is 28.6. The standard InChI is InChI=1S/C30H46O7/c1-25(2,36)12-11-21(33)30(8,37)23-19(32)14-27(5)20-10-9-16-17(13-18(31)24(35)26(16,3)4)29(20,7)22(34)15-28(23,27)6/h9,17-20,23,31-32,36-37H,10-15H2,1-8H3/t17-,18-,19+,20+,23+,27-,28+,29-,30-/m0/s1. The molecule has 7 nitrogen and oxygen atoms in total. The average molecular weight is 519 g/mol. The molecule has 0 radical (unpaired) electrons. The highest BCUT2D eigenvalue weighted by molar-refractivity contribution is 5.95. The molecule has 4 rings (SSSR count). The lowest BCUT2D eigenvalue weighted by atomic mass is 9.38. The zero-order chi connectivity index (χ0) is 28.1. The van der Waals surface area contributed by atoms with Crippen LogP contribution in [-0.4, -0.2) is 61.2 Å². The van der Waals surface area contributed by atoms with E-state index in [4.69, 9.17) is 0 Å². The molecule has 3 fully saturated rings. The van der Waals surface area contributed by atoms with E-state index in [1.165, 1.54) is 6.92 Å². The highest BCUT2D eigenvalue weighted by atomic mass is 16.3. The molecule has 4 aliphatic rings. The van der Waals surface area contributed by atoms with Gasteiger partial charge in [0.25, 0.3) is 0 Å². The van der Waals surface area contributed by atoms with Crippen LogP contribution in [0.1, 0.15) is 93.9 Å². The first-order chi connectivity index (χ1) is 16.7. The van der Waals surface area contributed by atoms with Gasteiger partial charge in [0.2, 0.25) is 0 Å². The maximum Gasteiger partial charge on any atom is 0.170 e. The molecule has 208 valence electrons. The lowest BCUT2D eigenvalue weighted by Crippen LogP contribution is -2.65. The van der Waals surface area contributed by atoms with Crippen LogP contribution in [0.5, 0.6) is 0 Å². The van der Waals surface area contributed by atoms with E-state index in [0.717, 1.165) is 5.57 Å². The minimum absolute atomic E-state index is 0.00395. The lowest BCUT2D eigenvalue weighted by Gasteiger charge is -2.64. The summed E-state index contributed by atoms with van der Waals surface area (Å²) in [6.07, 6.45) is 1.33. The van der Waals surface area contributed by atoms with Crippen LogP contribution in [0.25, 0.3) is 0 Å². The van der Waals surface area contributed by atoms with Gasteiger partial charge in [-0.2, -0.15) is 0 Å². The molecule has 0 amide bonds. The first-order valence-electron chi connectivity index (χ1n) is 13.8. The molecular formula is C30H46O7. The summed E-state index contributed by atoms with van der Waals surface area (Å²) in [7, 11) is 0. The molecular weight excluding hydrogens is 472 g/mol. The monoisotopic (exact) mass is 518 g/mol. The van der Waals surface area contributed by atoms with Crippen LogP contribution < -0.4 is 0 Å². The van der Waals surface area contributed by atoms with Crippen molar-refractivity contribution < 1.29 is 34.8 Å². The molecule has 0 saturated heterocycles. The maximum atomic E-state index is 14.2. The van der Waals surface area contributed by atoms with E-state index in [-0.39, 0.29) is 49.1 Å². The second-order valence-electron chi connectivity index (χ2n) is 14.6. The van der Waals surface area contributed by atoms with Crippen molar-refractivity contribution in [3.63, 3.8) is 0 Å². The van der Waals surface area contributed by atoms with Crippen LogP contribution in [0.15, 0.2) is 11.6 Å². The van der Waals surface area contributed by atoms with Crippen molar-refractivity contribution in [2.45, 2.75) is 117 Å². The van der Waals surface area contributed by atoms with Gasteiger partial charge < -0.3 is 20.4 Å². The molecule has 0 unspecified atom stereocenters. The predicted octanol–water partition coefficient (Wildman–Crippen LogP) is 3.15. The molecule has 0 aliphatic heterocycles. The molecule has 0 aromatic carbocycles. The van der Waals surface area contributed by atoms with E-state index >= 15 is 0 Å². The number of aliphatic hydroxyl groups is 4. The summed E-state index contributed by atoms with van der Waals surface area (Å²) in [5, 5.41) is 43.9. The fourth-order valence-electron chi connectivity index (χ4n) is 9.24. The van der Waals surface area contributed by atoms with Crippen LogP contribution in [0.3, 0.4) is 0 Å². The zero-order valence-corrected chi connectivity index (χ0v) is 23.7. The lowest BCUT2D eigenvalue weighted by molar-refractivity contribution is -0.185. The number of rotatable bonds is 5. The van der Waals surface area contributed by atoms with E-state index < -0.39 is 56.8 Å². The first-order valence-corrected chi connectivity index (χ1v) is 13.8. The second kappa shape index (κ2) is 8.30. The Morgan fingerprint density at radius 2 is 1.62 bits per heavy atom. The summed E-state index contributed by atoms with van der Waals surface area (Å²) in [4.78, 5) is 40.4. The summed E-state index contributed by atoms with van der Waals surface area (Å²) < 4.78 is 0. The van der Waals surface area contributed by atoms with Gasteiger partial charge in [-0.15, -0.1) is 0 Å². The Morgan fingerprint density at radius 1 is 1.03 bits per heavy atom. The largest absolute Gasteiger partial charge is 0.393 e. The van der Waals surface area contributed by atoms with Crippen molar-refractivity contribution in [1.29, 1.82) is 0 Å². The van der Waals surface area contributed by atoms with Crippen LogP contribution in [-0.2, 0) is 14.4 Å². The molecule has 4 aliphatic carbocycles. The Morgan fingerprint density at radius 3 is 2.19 bits per heavy atom. The fraction of sp³-hybridized carbons (Fsp3) is 0.833. The topological polar surface area (TPSA) is 132 Å². The molecule has 0 aromatic rings. The molecule has 0 aromatic heterocycles. The van der Waals surface area contributed by atoms with Crippen molar-refractivity contribution in [2.75, 3.05) is 0 Å². The van der Waals surface area contributed by atoms with Gasteiger partial charge in [-0.25, -0.2) is 0 Å². The zero-order valence-electron chi connectivity index (χ0n) is 23.7.